The number of ether oxygens (including phenoxy) is 1. The van der Waals surface area contributed by atoms with E-state index in [1.807, 2.05) is 42.5 Å². The van der Waals surface area contributed by atoms with Crippen molar-refractivity contribution in [1.29, 1.82) is 0 Å². The van der Waals surface area contributed by atoms with E-state index in [1.54, 1.807) is 9.80 Å². The van der Waals surface area contributed by atoms with Crippen molar-refractivity contribution in [2.24, 2.45) is 5.16 Å². The summed E-state index contributed by atoms with van der Waals surface area (Å²) in [4.78, 5) is 27.8. The highest BCUT2D eigenvalue weighted by molar-refractivity contribution is 6.08. The summed E-state index contributed by atoms with van der Waals surface area (Å²) in [6.07, 6.45) is 2.49. The van der Waals surface area contributed by atoms with Gasteiger partial charge in [-0.25, -0.2) is 4.79 Å². The Morgan fingerprint density at radius 1 is 1.07 bits per heavy atom. The molecule has 7 nitrogen and oxygen atoms in total. The smallest absolute Gasteiger partial charge is 0.329 e. The Bertz CT molecular complexity index is 969. The lowest BCUT2D eigenvalue weighted by molar-refractivity contribution is -0.140. The van der Waals surface area contributed by atoms with E-state index < -0.39 is 0 Å². The molecule has 4 rings (SSSR count). The Kier molecular flexibility index (Phi) is 5.20. The first kappa shape index (κ1) is 19.0. The molecule has 1 N–H and O–H groups in total. The second kappa shape index (κ2) is 7.95. The molecule has 0 bridgehead atoms. The van der Waals surface area contributed by atoms with Gasteiger partial charge in [0, 0.05) is 36.4 Å². The molecule has 0 aromatic heterocycles. The van der Waals surface area contributed by atoms with E-state index in [0.717, 1.165) is 40.9 Å². The Hall–Kier alpha value is -3.35. The molecular weight excluding hydrogens is 370 g/mol. The van der Waals surface area contributed by atoms with Crippen LogP contribution >= 0.6 is 0 Å². The lowest BCUT2D eigenvalue weighted by Gasteiger charge is -2.19. The second-order valence-corrected chi connectivity index (χ2v) is 7.22. The molecule has 1 saturated heterocycles. The summed E-state index contributed by atoms with van der Waals surface area (Å²) < 4.78 is 4.67. The van der Waals surface area contributed by atoms with Crippen molar-refractivity contribution >= 4 is 29.1 Å². The number of hydrogen-bond acceptors (Lipinski definition) is 5. The van der Waals surface area contributed by atoms with Crippen molar-refractivity contribution in [3.05, 3.63) is 59.2 Å². The first-order valence-corrected chi connectivity index (χ1v) is 9.69. The number of hydrogen-bond donors (Lipinski definition) is 1. The summed E-state index contributed by atoms with van der Waals surface area (Å²) in [6.45, 7) is 1.23. The van der Waals surface area contributed by atoms with E-state index >= 15 is 0 Å². The van der Waals surface area contributed by atoms with Gasteiger partial charge in [0.1, 0.15) is 0 Å². The van der Waals surface area contributed by atoms with E-state index in [-0.39, 0.29) is 12.0 Å². The minimum absolute atomic E-state index is 0.0543. The Morgan fingerprint density at radius 2 is 1.76 bits per heavy atom. The maximum Gasteiger partial charge on any atom is 0.329 e. The summed E-state index contributed by atoms with van der Waals surface area (Å²) >= 11 is 0. The number of carbonyl (C=O) groups is 2. The third-order valence-electron chi connectivity index (χ3n) is 5.57. The van der Waals surface area contributed by atoms with Gasteiger partial charge in [-0.05, 0) is 54.7 Å². The number of urea groups is 1. The second-order valence-electron chi connectivity index (χ2n) is 7.22. The lowest BCUT2D eigenvalue weighted by atomic mass is 10.1. The molecule has 1 heterocycles. The zero-order valence-corrected chi connectivity index (χ0v) is 16.3. The van der Waals surface area contributed by atoms with Crippen molar-refractivity contribution in [1.82, 2.24) is 0 Å². The van der Waals surface area contributed by atoms with Crippen LogP contribution in [-0.2, 0) is 22.4 Å². The quantitative estimate of drug-likeness (QED) is 0.480. The third kappa shape index (κ3) is 3.68. The molecule has 0 atom stereocenters. The molecule has 2 aromatic carbocycles. The molecule has 0 saturated carbocycles. The number of fused-ring (bicyclic) bond motifs is 1. The van der Waals surface area contributed by atoms with Crippen LogP contribution in [-0.4, -0.2) is 43.1 Å². The van der Waals surface area contributed by atoms with Gasteiger partial charge in [0.25, 0.3) is 0 Å². The fourth-order valence-electron chi connectivity index (χ4n) is 3.94. The van der Waals surface area contributed by atoms with Crippen LogP contribution in [0.15, 0.2) is 47.6 Å². The van der Waals surface area contributed by atoms with Gasteiger partial charge < -0.3 is 9.94 Å². The van der Waals surface area contributed by atoms with E-state index in [1.165, 1.54) is 7.11 Å². The molecule has 0 unspecified atom stereocenters. The normalized spacial score (nSPS) is 17.1. The minimum atomic E-state index is -0.230. The number of benzene rings is 2. The Balaban J connectivity index is 1.46. The molecule has 0 radical (unpaired) electrons. The van der Waals surface area contributed by atoms with Gasteiger partial charge >= 0.3 is 12.0 Å². The summed E-state index contributed by atoms with van der Waals surface area (Å²) in [5, 5.41) is 12.4. The lowest BCUT2D eigenvalue weighted by Crippen LogP contribution is -2.31. The fraction of sp³-hybridized carbons (Fsp3) is 0.318. The minimum Gasteiger partial charge on any atom is -0.469 e. The van der Waals surface area contributed by atoms with E-state index in [0.29, 0.717) is 31.6 Å². The Labute approximate surface area is 169 Å². The molecule has 1 aliphatic heterocycles. The van der Waals surface area contributed by atoms with E-state index in [2.05, 4.69) is 9.89 Å². The summed E-state index contributed by atoms with van der Waals surface area (Å²) in [5.41, 5.74) is 5.51. The van der Waals surface area contributed by atoms with Crippen LogP contribution in [0.1, 0.15) is 29.5 Å². The maximum atomic E-state index is 13.0. The maximum absolute atomic E-state index is 13.0. The monoisotopic (exact) mass is 393 g/mol. The van der Waals surface area contributed by atoms with E-state index in [4.69, 9.17) is 5.21 Å². The molecule has 150 valence electrons. The van der Waals surface area contributed by atoms with Crippen LogP contribution in [0.2, 0.25) is 0 Å². The van der Waals surface area contributed by atoms with Gasteiger partial charge in [0.05, 0.1) is 12.8 Å². The summed E-state index contributed by atoms with van der Waals surface area (Å²) in [5.74, 6) is -0.230. The molecule has 2 aliphatic rings. The molecule has 2 amide bonds. The van der Waals surface area contributed by atoms with Crippen LogP contribution < -0.4 is 9.80 Å². The number of oxime groups is 1. The molecule has 29 heavy (non-hydrogen) atoms. The number of nitrogens with zero attached hydrogens (tertiary/aromatic N) is 3. The number of methoxy groups -OCH3 is 1. The van der Waals surface area contributed by atoms with Gasteiger partial charge in [-0.15, -0.1) is 0 Å². The van der Waals surface area contributed by atoms with Crippen molar-refractivity contribution < 1.29 is 19.5 Å². The third-order valence-corrected chi connectivity index (χ3v) is 5.57. The number of aryl methyl sites for hydroxylation is 2. The fourth-order valence-corrected chi connectivity index (χ4v) is 3.94. The average molecular weight is 393 g/mol. The number of anilines is 2. The highest BCUT2D eigenvalue weighted by atomic mass is 16.5. The summed E-state index contributed by atoms with van der Waals surface area (Å²) in [7, 11) is 1.39. The van der Waals surface area contributed by atoms with Crippen molar-refractivity contribution in [2.45, 2.75) is 25.7 Å². The Morgan fingerprint density at radius 3 is 2.45 bits per heavy atom. The van der Waals surface area contributed by atoms with Crippen molar-refractivity contribution in [3.63, 3.8) is 0 Å². The number of carbonyl (C=O) groups excluding carboxylic acids is 2. The number of esters is 1. The highest BCUT2D eigenvalue weighted by Gasteiger charge is 2.31. The number of amides is 2. The van der Waals surface area contributed by atoms with Gasteiger partial charge in [0.2, 0.25) is 0 Å². The molecule has 1 aliphatic carbocycles. The first-order valence-electron chi connectivity index (χ1n) is 9.69. The predicted molar refractivity (Wildman–Crippen MR) is 110 cm³/mol. The van der Waals surface area contributed by atoms with Gasteiger partial charge in [0.15, 0.2) is 0 Å². The summed E-state index contributed by atoms with van der Waals surface area (Å²) in [6, 6.07) is 13.5. The zero-order chi connectivity index (χ0) is 20.4. The molecule has 1 fully saturated rings. The topological polar surface area (TPSA) is 82.4 Å². The zero-order valence-electron chi connectivity index (χ0n) is 16.3. The van der Waals surface area contributed by atoms with Crippen LogP contribution in [0.4, 0.5) is 16.2 Å². The van der Waals surface area contributed by atoms with Gasteiger partial charge in [-0.2, -0.15) is 0 Å². The number of rotatable bonds is 5. The highest BCUT2D eigenvalue weighted by Crippen LogP contribution is 2.30. The van der Waals surface area contributed by atoms with Crippen LogP contribution in [0, 0.1) is 0 Å². The largest absolute Gasteiger partial charge is 0.469 e. The van der Waals surface area contributed by atoms with Crippen molar-refractivity contribution in [2.75, 3.05) is 30.0 Å². The molecule has 2 aromatic rings. The SMILES string of the molecule is COC(=O)CCc1ccc(N2CCN(c3ccc4c(c3)CC/C4=N/O)C2=O)cc1. The average Bonchev–Trinajstić information content (AvgIpc) is 3.35. The molecule has 0 spiro atoms. The molecule has 7 heteroatoms. The van der Waals surface area contributed by atoms with E-state index in [9.17, 15) is 9.59 Å². The van der Waals surface area contributed by atoms with Gasteiger partial charge in [-0.1, -0.05) is 23.4 Å². The van der Waals surface area contributed by atoms with Gasteiger partial charge in [-0.3, -0.25) is 14.6 Å². The standard InChI is InChI=1S/C22H23N3O4/c1-29-21(26)11-4-15-2-6-17(7-3-15)24-12-13-25(22(24)27)18-8-9-19-16(14-18)5-10-20(19)23-28/h2-3,6-9,14,28H,4-5,10-13H2,1H3/b23-20-. The van der Waals surface area contributed by atoms with Crippen LogP contribution in [0.5, 0.6) is 0 Å². The first-order chi connectivity index (χ1) is 14.1. The predicted octanol–water partition coefficient (Wildman–Crippen LogP) is 3.36. The molecular formula is C22H23N3O4. The van der Waals surface area contributed by atoms with Crippen molar-refractivity contribution in [3.8, 4) is 0 Å². The van der Waals surface area contributed by atoms with Crippen LogP contribution in [0.3, 0.4) is 0 Å². The van der Waals surface area contributed by atoms with Crippen LogP contribution in [0.25, 0.3) is 0 Å².